The monoisotopic (exact) mass is 226 g/mol. The maximum Gasteiger partial charge on any atom is 0.0464 e. The van der Waals surface area contributed by atoms with Gasteiger partial charge in [-0.1, -0.05) is 41.9 Å². The maximum absolute atomic E-state index is 6.13. The van der Waals surface area contributed by atoms with Crippen molar-refractivity contribution < 1.29 is 0 Å². The summed E-state index contributed by atoms with van der Waals surface area (Å²) in [4.78, 5) is 0. The Kier molecular flexibility index (Phi) is 2.85. The fourth-order valence-corrected chi connectivity index (χ4v) is 2.33. The molecular weight excluding hydrogens is 215 g/mol. The van der Waals surface area contributed by atoms with E-state index in [4.69, 9.17) is 23.2 Å². The highest BCUT2D eigenvalue weighted by molar-refractivity contribution is 6.33. The van der Waals surface area contributed by atoms with Crippen molar-refractivity contribution in [3.8, 4) is 0 Å². The molecule has 2 aliphatic carbocycles. The highest BCUT2D eigenvalue weighted by atomic mass is 35.5. The standard InChI is InChI=1S/C12H12Cl2/c1-8-5-6-10(12(8)14)7-9-3-2-4-11(9)13/h4,7H,1-3,5-6H2/b9-7+. The number of halogens is 2. The summed E-state index contributed by atoms with van der Waals surface area (Å²) in [5.74, 6) is 0. The molecule has 0 bridgehead atoms. The smallest absolute Gasteiger partial charge is 0.0464 e. The molecule has 0 aromatic carbocycles. The lowest BCUT2D eigenvalue weighted by atomic mass is 10.1. The van der Waals surface area contributed by atoms with Crippen molar-refractivity contribution in [2.24, 2.45) is 0 Å². The van der Waals surface area contributed by atoms with Gasteiger partial charge in [0.05, 0.1) is 0 Å². The van der Waals surface area contributed by atoms with Gasteiger partial charge in [-0.15, -0.1) is 0 Å². The van der Waals surface area contributed by atoms with Gasteiger partial charge in [0.25, 0.3) is 0 Å². The average molecular weight is 227 g/mol. The van der Waals surface area contributed by atoms with Gasteiger partial charge in [-0.05, 0) is 42.4 Å². The van der Waals surface area contributed by atoms with Crippen LogP contribution in [-0.4, -0.2) is 0 Å². The number of allylic oxidation sites excluding steroid dienone is 7. The lowest BCUT2D eigenvalue weighted by molar-refractivity contribution is 1.02. The van der Waals surface area contributed by atoms with Crippen LogP contribution in [0.2, 0.25) is 0 Å². The fourth-order valence-electron chi connectivity index (χ4n) is 1.82. The van der Waals surface area contributed by atoms with E-state index >= 15 is 0 Å². The lowest BCUT2D eigenvalue weighted by Crippen LogP contribution is -1.80. The quantitative estimate of drug-likeness (QED) is 0.610. The van der Waals surface area contributed by atoms with E-state index in [1.54, 1.807) is 0 Å². The first-order valence-corrected chi connectivity index (χ1v) is 5.57. The molecule has 0 atom stereocenters. The first-order valence-electron chi connectivity index (χ1n) is 4.82. The molecule has 0 aromatic rings. The zero-order valence-electron chi connectivity index (χ0n) is 7.95. The number of hydrogen-bond donors (Lipinski definition) is 0. The number of rotatable bonds is 1. The minimum atomic E-state index is 0.842. The first-order chi connectivity index (χ1) is 6.68. The Balaban J connectivity index is 2.26. The van der Waals surface area contributed by atoms with Crippen LogP contribution in [-0.2, 0) is 0 Å². The SMILES string of the molecule is C=C1CCC(/C=C2\CCC=C2Cl)=C1Cl. The third kappa shape index (κ3) is 1.82. The summed E-state index contributed by atoms with van der Waals surface area (Å²) >= 11 is 12.2. The molecule has 2 aliphatic rings. The first kappa shape index (κ1) is 10.1. The van der Waals surface area contributed by atoms with E-state index in [1.165, 1.54) is 11.1 Å². The summed E-state index contributed by atoms with van der Waals surface area (Å²) in [6.45, 7) is 3.91. The molecule has 14 heavy (non-hydrogen) atoms. The van der Waals surface area contributed by atoms with Gasteiger partial charge in [0.1, 0.15) is 0 Å². The van der Waals surface area contributed by atoms with Gasteiger partial charge in [0.2, 0.25) is 0 Å². The summed E-state index contributed by atoms with van der Waals surface area (Å²) in [6.07, 6.45) is 8.28. The van der Waals surface area contributed by atoms with Crippen LogP contribution in [0.5, 0.6) is 0 Å². The van der Waals surface area contributed by atoms with Crippen LogP contribution >= 0.6 is 23.2 Å². The molecule has 0 N–H and O–H groups in total. The Morgan fingerprint density at radius 1 is 1.21 bits per heavy atom. The van der Waals surface area contributed by atoms with Gasteiger partial charge in [-0.25, -0.2) is 0 Å². The fraction of sp³-hybridized carbons (Fsp3) is 0.333. The van der Waals surface area contributed by atoms with Gasteiger partial charge in [-0.2, -0.15) is 0 Å². The summed E-state index contributed by atoms with van der Waals surface area (Å²) in [6, 6.07) is 0. The van der Waals surface area contributed by atoms with E-state index in [9.17, 15) is 0 Å². The minimum Gasteiger partial charge on any atom is -0.0943 e. The average Bonchev–Trinajstić information content (AvgIpc) is 2.68. The second-order valence-electron chi connectivity index (χ2n) is 3.70. The van der Waals surface area contributed by atoms with Crippen molar-refractivity contribution >= 4 is 23.2 Å². The van der Waals surface area contributed by atoms with Crippen molar-refractivity contribution in [2.75, 3.05) is 0 Å². The zero-order valence-corrected chi connectivity index (χ0v) is 9.46. The molecule has 0 aliphatic heterocycles. The van der Waals surface area contributed by atoms with Gasteiger partial charge >= 0.3 is 0 Å². The van der Waals surface area contributed by atoms with E-state index in [0.29, 0.717) is 0 Å². The molecule has 0 fully saturated rings. The van der Waals surface area contributed by atoms with Crippen LogP contribution in [0.1, 0.15) is 25.7 Å². The van der Waals surface area contributed by atoms with E-state index in [-0.39, 0.29) is 0 Å². The second-order valence-corrected chi connectivity index (χ2v) is 4.49. The predicted octanol–water partition coefficient (Wildman–Crippen LogP) is 4.67. The predicted molar refractivity (Wildman–Crippen MR) is 62.5 cm³/mol. The molecular formula is C12H12Cl2. The normalized spacial score (nSPS) is 25.1. The minimum absolute atomic E-state index is 0.842. The Hall–Kier alpha value is -0.460. The molecule has 74 valence electrons. The largest absolute Gasteiger partial charge is 0.0943 e. The Morgan fingerprint density at radius 3 is 2.50 bits per heavy atom. The Morgan fingerprint density at radius 2 is 2.00 bits per heavy atom. The lowest BCUT2D eigenvalue weighted by Gasteiger charge is -1.99. The summed E-state index contributed by atoms with van der Waals surface area (Å²) < 4.78 is 0. The molecule has 0 aromatic heterocycles. The van der Waals surface area contributed by atoms with Crippen molar-refractivity contribution in [1.29, 1.82) is 0 Å². The third-order valence-electron chi connectivity index (χ3n) is 2.68. The van der Waals surface area contributed by atoms with Gasteiger partial charge in [0.15, 0.2) is 0 Å². The van der Waals surface area contributed by atoms with Crippen LogP contribution in [0.15, 0.2) is 45.5 Å². The maximum atomic E-state index is 6.13. The van der Waals surface area contributed by atoms with E-state index in [1.807, 2.05) is 0 Å². The molecule has 0 unspecified atom stereocenters. The second kappa shape index (κ2) is 3.96. The summed E-state index contributed by atoms with van der Waals surface area (Å²) in [7, 11) is 0. The van der Waals surface area contributed by atoms with Crippen LogP contribution in [0, 0.1) is 0 Å². The zero-order chi connectivity index (χ0) is 10.1. The van der Waals surface area contributed by atoms with Crippen molar-refractivity contribution in [3.63, 3.8) is 0 Å². The summed E-state index contributed by atoms with van der Waals surface area (Å²) in [5, 5.41) is 1.73. The van der Waals surface area contributed by atoms with Crippen LogP contribution in [0.4, 0.5) is 0 Å². The highest BCUT2D eigenvalue weighted by Crippen LogP contribution is 2.37. The van der Waals surface area contributed by atoms with E-state index in [0.717, 1.165) is 41.3 Å². The molecule has 0 heterocycles. The molecule has 0 nitrogen and oxygen atoms in total. The van der Waals surface area contributed by atoms with Gasteiger partial charge in [-0.3, -0.25) is 0 Å². The van der Waals surface area contributed by atoms with E-state index in [2.05, 4.69) is 18.7 Å². The molecule has 2 heteroatoms. The van der Waals surface area contributed by atoms with E-state index < -0.39 is 0 Å². The highest BCUT2D eigenvalue weighted by Gasteiger charge is 2.17. The summed E-state index contributed by atoms with van der Waals surface area (Å²) in [5.41, 5.74) is 3.46. The topological polar surface area (TPSA) is 0 Å². The van der Waals surface area contributed by atoms with Crippen LogP contribution in [0.3, 0.4) is 0 Å². The number of hydrogen-bond acceptors (Lipinski definition) is 0. The third-order valence-corrected chi connectivity index (χ3v) is 3.59. The molecule has 0 saturated heterocycles. The molecule has 0 saturated carbocycles. The molecule has 0 spiro atoms. The van der Waals surface area contributed by atoms with Crippen LogP contribution < -0.4 is 0 Å². The van der Waals surface area contributed by atoms with Crippen LogP contribution in [0.25, 0.3) is 0 Å². The molecule has 0 radical (unpaired) electrons. The Labute approximate surface area is 94.6 Å². The van der Waals surface area contributed by atoms with Crippen molar-refractivity contribution in [3.05, 3.63) is 45.5 Å². The van der Waals surface area contributed by atoms with Crippen molar-refractivity contribution in [1.82, 2.24) is 0 Å². The van der Waals surface area contributed by atoms with Gasteiger partial charge < -0.3 is 0 Å². The van der Waals surface area contributed by atoms with Crippen molar-refractivity contribution in [2.45, 2.75) is 25.7 Å². The molecule has 0 amide bonds. The Bertz CT molecular complexity index is 370. The van der Waals surface area contributed by atoms with Gasteiger partial charge in [0, 0.05) is 10.1 Å². The molecule has 2 rings (SSSR count).